The van der Waals surface area contributed by atoms with Crippen LogP contribution in [0.15, 0.2) is 40.6 Å². The lowest BCUT2D eigenvalue weighted by atomic mass is 10.4. The maximum atomic E-state index is 11.9. The van der Waals surface area contributed by atoms with E-state index >= 15 is 0 Å². The average Bonchev–Trinajstić information content (AvgIpc) is 2.57. The van der Waals surface area contributed by atoms with E-state index in [1.807, 2.05) is 0 Å². The molecule has 0 saturated heterocycles. The summed E-state index contributed by atoms with van der Waals surface area (Å²) >= 11 is 5.66. The van der Waals surface area contributed by atoms with E-state index in [0.717, 1.165) is 5.41 Å². The van der Waals surface area contributed by atoms with E-state index in [1.54, 1.807) is 0 Å². The smallest absolute Gasteiger partial charge is 0.224 e. The summed E-state index contributed by atoms with van der Waals surface area (Å²) < 4.78 is 48.5. The summed E-state index contributed by atoms with van der Waals surface area (Å²) in [6.45, 7) is 0. The van der Waals surface area contributed by atoms with E-state index < -0.39 is 25.9 Å². The Kier molecular flexibility index (Phi) is 3.50. The van der Waals surface area contributed by atoms with Gasteiger partial charge in [-0.2, -0.15) is 0 Å². The second-order valence-electron chi connectivity index (χ2n) is 3.84. The molecule has 0 fully saturated rings. The van der Waals surface area contributed by atoms with Crippen molar-refractivity contribution in [2.75, 3.05) is 5.75 Å². The highest BCUT2D eigenvalue weighted by atomic mass is 35.5. The fourth-order valence-electron chi connectivity index (χ4n) is 1.53. The van der Waals surface area contributed by atoms with Crippen molar-refractivity contribution in [3.8, 4) is 0 Å². The number of rotatable bonds is 3. The number of hydrogen-bond acceptors (Lipinski definition) is 4. The van der Waals surface area contributed by atoms with Gasteiger partial charge < -0.3 is 0 Å². The maximum Gasteiger partial charge on any atom is 0.241 e. The first kappa shape index (κ1) is 13.5. The normalized spacial score (nSPS) is 22.2. The van der Waals surface area contributed by atoms with E-state index in [9.17, 15) is 16.8 Å². The number of halogens is 1. The number of sulfonamides is 1. The topological polar surface area (TPSA) is 80.3 Å². The monoisotopic (exact) mass is 307 g/mol. The molecule has 8 heteroatoms. The SMILES string of the molecule is O=S1(=O)C=CC(NS(=O)(=O)c2ccc(Cl)cc2)C1. The Bertz CT molecular complexity index is 677. The van der Waals surface area contributed by atoms with Crippen LogP contribution < -0.4 is 4.72 Å². The molecule has 0 radical (unpaired) electrons. The van der Waals surface area contributed by atoms with Crippen LogP contribution in [0.1, 0.15) is 0 Å². The van der Waals surface area contributed by atoms with Gasteiger partial charge in [-0.3, -0.25) is 0 Å². The molecule has 0 aromatic heterocycles. The third kappa shape index (κ3) is 3.11. The van der Waals surface area contributed by atoms with Crippen LogP contribution in [0.4, 0.5) is 0 Å². The molecule has 1 aromatic rings. The number of benzene rings is 1. The highest BCUT2D eigenvalue weighted by Crippen LogP contribution is 2.16. The molecular formula is C10H10ClNO4S2. The van der Waals surface area contributed by atoms with Gasteiger partial charge in [-0.05, 0) is 24.3 Å². The molecular weight excluding hydrogens is 298 g/mol. The summed E-state index contributed by atoms with van der Waals surface area (Å²) in [5, 5.41) is 1.44. The molecule has 0 amide bonds. The van der Waals surface area contributed by atoms with Crippen molar-refractivity contribution in [3.63, 3.8) is 0 Å². The molecule has 1 N–H and O–H groups in total. The number of nitrogens with one attached hydrogen (secondary N) is 1. The van der Waals surface area contributed by atoms with Crippen LogP contribution in [-0.2, 0) is 19.9 Å². The zero-order valence-electron chi connectivity index (χ0n) is 9.08. The standard InChI is InChI=1S/C10H10ClNO4S2/c11-8-1-3-10(4-2-8)18(15,16)12-9-5-6-17(13,14)7-9/h1-6,9,12H,7H2. The lowest BCUT2D eigenvalue weighted by Gasteiger charge is -2.10. The molecule has 5 nitrogen and oxygen atoms in total. The lowest BCUT2D eigenvalue weighted by Crippen LogP contribution is -2.35. The summed E-state index contributed by atoms with van der Waals surface area (Å²) in [6.07, 6.45) is 1.32. The maximum absolute atomic E-state index is 11.9. The fraction of sp³-hybridized carbons (Fsp3) is 0.200. The van der Waals surface area contributed by atoms with Gasteiger partial charge in [-0.1, -0.05) is 17.7 Å². The van der Waals surface area contributed by atoms with Crippen molar-refractivity contribution < 1.29 is 16.8 Å². The van der Waals surface area contributed by atoms with E-state index in [1.165, 1.54) is 30.3 Å². The average molecular weight is 308 g/mol. The molecule has 98 valence electrons. The van der Waals surface area contributed by atoms with E-state index in [-0.39, 0.29) is 10.6 Å². The Hall–Kier alpha value is -0.890. The molecule has 1 aliphatic rings. The molecule has 2 rings (SSSR count). The van der Waals surface area contributed by atoms with E-state index in [0.29, 0.717) is 5.02 Å². The second-order valence-corrected chi connectivity index (χ2v) is 7.92. The predicted octanol–water partition coefficient (Wildman–Crippen LogP) is 0.929. The summed E-state index contributed by atoms with van der Waals surface area (Å²) in [5.41, 5.74) is 0. The van der Waals surface area contributed by atoms with Crippen molar-refractivity contribution in [1.29, 1.82) is 0 Å². The summed E-state index contributed by atoms with van der Waals surface area (Å²) in [6, 6.07) is 4.90. The molecule has 0 spiro atoms. The van der Waals surface area contributed by atoms with Gasteiger partial charge in [0, 0.05) is 10.4 Å². The van der Waals surface area contributed by atoms with Gasteiger partial charge >= 0.3 is 0 Å². The van der Waals surface area contributed by atoms with Gasteiger partial charge in [-0.15, -0.1) is 0 Å². The Morgan fingerprint density at radius 3 is 2.33 bits per heavy atom. The second kappa shape index (κ2) is 4.65. The van der Waals surface area contributed by atoms with Crippen LogP contribution in [0, 0.1) is 0 Å². The summed E-state index contributed by atoms with van der Waals surface area (Å²) in [7, 11) is -7.02. The van der Waals surface area contributed by atoms with E-state index in [2.05, 4.69) is 4.72 Å². The highest BCUT2D eigenvalue weighted by molar-refractivity contribution is 7.94. The lowest BCUT2D eigenvalue weighted by molar-refractivity contribution is 0.575. The molecule has 1 unspecified atom stereocenters. The van der Waals surface area contributed by atoms with Crippen molar-refractivity contribution >= 4 is 31.5 Å². The molecule has 18 heavy (non-hydrogen) atoms. The van der Waals surface area contributed by atoms with Gasteiger partial charge in [0.1, 0.15) is 0 Å². The first-order chi connectivity index (χ1) is 8.28. The van der Waals surface area contributed by atoms with Crippen molar-refractivity contribution in [1.82, 2.24) is 4.72 Å². The minimum atomic E-state index is -3.73. The first-order valence-electron chi connectivity index (χ1n) is 4.97. The van der Waals surface area contributed by atoms with Gasteiger partial charge in [0.05, 0.1) is 16.7 Å². The van der Waals surface area contributed by atoms with E-state index in [4.69, 9.17) is 11.6 Å². The first-order valence-corrected chi connectivity index (χ1v) is 8.55. The number of hydrogen-bond donors (Lipinski definition) is 1. The molecule has 0 aliphatic carbocycles. The Morgan fingerprint density at radius 2 is 1.83 bits per heavy atom. The molecule has 1 aliphatic heterocycles. The predicted molar refractivity (Wildman–Crippen MR) is 68.5 cm³/mol. The minimum Gasteiger partial charge on any atom is -0.224 e. The number of sulfone groups is 1. The molecule has 1 atom stereocenters. The quantitative estimate of drug-likeness (QED) is 0.901. The van der Waals surface area contributed by atoms with Crippen LogP contribution in [-0.4, -0.2) is 28.6 Å². The summed E-state index contributed by atoms with van der Waals surface area (Å²) in [5.74, 6) is -0.250. The van der Waals surface area contributed by atoms with Crippen LogP contribution in [0.2, 0.25) is 5.02 Å². The van der Waals surface area contributed by atoms with Gasteiger partial charge in [0.25, 0.3) is 0 Å². The highest BCUT2D eigenvalue weighted by Gasteiger charge is 2.26. The Labute approximate surface area is 110 Å². The third-order valence-electron chi connectivity index (χ3n) is 2.36. The van der Waals surface area contributed by atoms with Crippen LogP contribution >= 0.6 is 11.6 Å². The zero-order valence-corrected chi connectivity index (χ0v) is 11.5. The molecule has 0 bridgehead atoms. The van der Waals surface area contributed by atoms with Crippen LogP contribution in [0.5, 0.6) is 0 Å². The van der Waals surface area contributed by atoms with Gasteiger partial charge in [-0.25, -0.2) is 21.6 Å². The third-order valence-corrected chi connectivity index (χ3v) is 5.51. The molecule has 1 heterocycles. The summed E-state index contributed by atoms with van der Waals surface area (Å²) in [4.78, 5) is 0.0459. The minimum absolute atomic E-state index is 0.0459. The van der Waals surface area contributed by atoms with Gasteiger partial charge in [0.15, 0.2) is 9.84 Å². The molecule has 1 aromatic carbocycles. The van der Waals surface area contributed by atoms with Crippen molar-refractivity contribution in [3.05, 3.63) is 40.8 Å². The van der Waals surface area contributed by atoms with Crippen LogP contribution in [0.3, 0.4) is 0 Å². The van der Waals surface area contributed by atoms with Crippen LogP contribution in [0.25, 0.3) is 0 Å². The largest absolute Gasteiger partial charge is 0.241 e. The fourth-order valence-corrected chi connectivity index (χ4v) is 4.19. The molecule has 0 saturated carbocycles. The van der Waals surface area contributed by atoms with Crippen molar-refractivity contribution in [2.45, 2.75) is 10.9 Å². The van der Waals surface area contributed by atoms with Gasteiger partial charge in [0.2, 0.25) is 10.0 Å². The Balaban J connectivity index is 2.19. The van der Waals surface area contributed by atoms with Crippen molar-refractivity contribution in [2.24, 2.45) is 0 Å². The Morgan fingerprint density at radius 1 is 1.22 bits per heavy atom. The zero-order chi connectivity index (χ0) is 13.4.